The SMILES string of the molecule is C[C@H](c1cccc([N+](=O)[O-])c1)N(C)Cc1ncc(-c2ccccc2)o1. The average Bonchev–Trinajstić information content (AvgIpc) is 3.10. The summed E-state index contributed by atoms with van der Waals surface area (Å²) in [6, 6.07) is 16.5. The summed E-state index contributed by atoms with van der Waals surface area (Å²) in [7, 11) is 1.94. The number of nitro groups is 1. The Hall–Kier alpha value is -2.99. The van der Waals surface area contributed by atoms with Gasteiger partial charge in [0.15, 0.2) is 5.76 Å². The molecule has 0 amide bonds. The van der Waals surface area contributed by atoms with Crippen LogP contribution in [0.4, 0.5) is 5.69 Å². The molecule has 0 N–H and O–H groups in total. The molecule has 0 radical (unpaired) electrons. The highest BCUT2D eigenvalue weighted by Crippen LogP contribution is 2.25. The van der Waals surface area contributed by atoms with Gasteiger partial charge >= 0.3 is 0 Å². The molecule has 6 heteroatoms. The summed E-state index contributed by atoms with van der Waals surface area (Å²) in [5, 5.41) is 10.9. The van der Waals surface area contributed by atoms with E-state index in [4.69, 9.17) is 4.42 Å². The molecule has 0 spiro atoms. The van der Waals surface area contributed by atoms with Gasteiger partial charge in [0.2, 0.25) is 5.89 Å². The van der Waals surface area contributed by atoms with E-state index in [0.717, 1.165) is 16.9 Å². The lowest BCUT2D eigenvalue weighted by Crippen LogP contribution is -2.22. The van der Waals surface area contributed by atoms with Crippen molar-refractivity contribution in [3.8, 4) is 11.3 Å². The van der Waals surface area contributed by atoms with Crippen molar-refractivity contribution in [2.45, 2.75) is 19.5 Å². The Morgan fingerprint density at radius 2 is 1.96 bits per heavy atom. The summed E-state index contributed by atoms with van der Waals surface area (Å²) >= 11 is 0. The van der Waals surface area contributed by atoms with Crippen LogP contribution in [0.3, 0.4) is 0 Å². The van der Waals surface area contributed by atoms with Crippen LogP contribution in [0.5, 0.6) is 0 Å². The maximum atomic E-state index is 10.9. The van der Waals surface area contributed by atoms with Gasteiger partial charge < -0.3 is 4.42 Å². The molecular weight excluding hydrogens is 318 g/mol. The quantitative estimate of drug-likeness (QED) is 0.491. The number of aromatic nitrogens is 1. The summed E-state index contributed by atoms with van der Waals surface area (Å²) in [5.41, 5.74) is 1.96. The number of rotatable bonds is 6. The summed E-state index contributed by atoms with van der Waals surface area (Å²) in [4.78, 5) is 16.9. The highest BCUT2D eigenvalue weighted by molar-refractivity contribution is 5.55. The molecule has 0 aliphatic heterocycles. The third-order valence-corrected chi connectivity index (χ3v) is 4.22. The highest BCUT2D eigenvalue weighted by Gasteiger charge is 2.17. The highest BCUT2D eigenvalue weighted by atomic mass is 16.6. The Bertz CT molecular complexity index is 861. The minimum absolute atomic E-state index is 0.00743. The van der Waals surface area contributed by atoms with Gasteiger partial charge in [-0.3, -0.25) is 15.0 Å². The fourth-order valence-electron chi connectivity index (χ4n) is 2.62. The number of hydrogen-bond donors (Lipinski definition) is 0. The van der Waals surface area contributed by atoms with Crippen LogP contribution < -0.4 is 0 Å². The predicted octanol–water partition coefficient (Wildman–Crippen LogP) is 4.44. The standard InChI is InChI=1S/C19H19N3O3/c1-14(16-9-6-10-17(11-16)22(23)24)21(2)13-19-20-12-18(25-19)15-7-4-3-5-8-15/h3-12,14H,13H2,1-2H3/t14-/m1/s1. The van der Waals surface area contributed by atoms with Crippen LogP contribution in [0.15, 0.2) is 65.2 Å². The van der Waals surface area contributed by atoms with Gasteiger partial charge in [0.1, 0.15) is 0 Å². The Morgan fingerprint density at radius 3 is 2.68 bits per heavy atom. The van der Waals surface area contributed by atoms with E-state index in [2.05, 4.69) is 4.98 Å². The first-order chi connectivity index (χ1) is 12.0. The molecule has 3 rings (SSSR count). The summed E-state index contributed by atoms with van der Waals surface area (Å²) in [6.45, 7) is 2.51. The number of benzene rings is 2. The lowest BCUT2D eigenvalue weighted by atomic mass is 10.1. The van der Waals surface area contributed by atoms with Gasteiger partial charge in [-0.2, -0.15) is 0 Å². The van der Waals surface area contributed by atoms with Crippen molar-refractivity contribution in [1.82, 2.24) is 9.88 Å². The number of nitro benzene ring substituents is 1. The zero-order chi connectivity index (χ0) is 17.8. The maximum Gasteiger partial charge on any atom is 0.269 e. The zero-order valence-electron chi connectivity index (χ0n) is 14.1. The van der Waals surface area contributed by atoms with E-state index in [-0.39, 0.29) is 16.7 Å². The molecule has 0 aliphatic rings. The lowest BCUT2D eigenvalue weighted by Gasteiger charge is -2.23. The predicted molar refractivity (Wildman–Crippen MR) is 94.9 cm³/mol. The van der Waals surface area contributed by atoms with Gasteiger partial charge in [0, 0.05) is 23.7 Å². The molecular formula is C19H19N3O3. The maximum absolute atomic E-state index is 10.9. The largest absolute Gasteiger partial charge is 0.439 e. The van der Waals surface area contributed by atoms with Crippen LogP contribution in [0, 0.1) is 10.1 Å². The van der Waals surface area contributed by atoms with E-state index in [1.54, 1.807) is 18.3 Å². The molecule has 6 nitrogen and oxygen atoms in total. The fraction of sp³-hybridized carbons (Fsp3) is 0.211. The summed E-state index contributed by atoms with van der Waals surface area (Å²) < 4.78 is 5.83. The van der Waals surface area contributed by atoms with E-state index >= 15 is 0 Å². The van der Waals surface area contributed by atoms with Gasteiger partial charge in [-0.15, -0.1) is 0 Å². The average molecular weight is 337 g/mol. The minimum Gasteiger partial charge on any atom is -0.439 e. The fourth-order valence-corrected chi connectivity index (χ4v) is 2.62. The number of hydrogen-bond acceptors (Lipinski definition) is 5. The van der Waals surface area contributed by atoms with Gasteiger partial charge in [-0.1, -0.05) is 42.5 Å². The van der Waals surface area contributed by atoms with Crippen LogP contribution in [-0.4, -0.2) is 21.9 Å². The van der Waals surface area contributed by atoms with Crippen molar-refractivity contribution in [3.63, 3.8) is 0 Å². The molecule has 2 aromatic carbocycles. The van der Waals surface area contributed by atoms with Crippen molar-refractivity contribution in [3.05, 3.63) is 82.4 Å². The van der Waals surface area contributed by atoms with Gasteiger partial charge in [0.05, 0.1) is 17.7 Å². The lowest BCUT2D eigenvalue weighted by molar-refractivity contribution is -0.384. The van der Waals surface area contributed by atoms with Crippen LogP contribution in [0.2, 0.25) is 0 Å². The van der Waals surface area contributed by atoms with Crippen LogP contribution in [0.25, 0.3) is 11.3 Å². The Kier molecular flexibility index (Phi) is 4.90. The minimum atomic E-state index is -0.379. The van der Waals surface area contributed by atoms with E-state index in [1.807, 2.05) is 55.3 Å². The summed E-state index contributed by atoms with van der Waals surface area (Å²) in [6.07, 6.45) is 1.72. The number of nitrogens with zero attached hydrogens (tertiary/aromatic N) is 3. The molecule has 0 fully saturated rings. The monoisotopic (exact) mass is 337 g/mol. The van der Waals surface area contributed by atoms with Crippen LogP contribution in [0.1, 0.15) is 24.4 Å². The Morgan fingerprint density at radius 1 is 1.20 bits per heavy atom. The molecule has 0 saturated heterocycles. The first-order valence-electron chi connectivity index (χ1n) is 7.99. The molecule has 0 unspecified atom stereocenters. The van der Waals surface area contributed by atoms with E-state index < -0.39 is 0 Å². The molecule has 0 bridgehead atoms. The molecule has 128 valence electrons. The van der Waals surface area contributed by atoms with Crippen LogP contribution in [-0.2, 0) is 6.54 Å². The van der Waals surface area contributed by atoms with Crippen LogP contribution >= 0.6 is 0 Å². The molecule has 0 aliphatic carbocycles. The second kappa shape index (κ2) is 7.27. The third kappa shape index (κ3) is 3.92. The second-order valence-electron chi connectivity index (χ2n) is 5.93. The van der Waals surface area contributed by atoms with Crippen molar-refractivity contribution < 1.29 is 9.34 Å². The Balaban J connectivity index is 1.72. The summed E-state index contributed by atoms with van der Waals surface area (Å²) in [5.74, 6) is 1.34. The van der Waals surface area contributed by atoms with E-state index in [1.165, 1.54) is 6.07 Å². The van der Waals surface area contributed by atoms with E-state index in [0.29, 0.717) is 12.4 Å². The van der Waals surface area contributed by atoms with Crippen molar-refractivity contribution in [1.29, 1.82) is 0 Å². The Labute approximate surface area is 145 Å². The normalized spacial score (nSPS) is 12.3. The first kappa shape index (κ1) is 16.9. The molecule has 1 heterocycles. The molecule has 25 heavy (non-hydrogen) atoms. The molecule has 3 aromatic rings. The molecule has 0 saturated carbocycles. The van der Waals surface area contributed by atoms with Crippen molar-refractivity contribution >= 4 is 5.69 Å². The van der Waals surface area contributed by atoms with E-state index in [9.17, 15) is 10.1 Å². The molecule has 1 atom stereocenters. The smallest absolute Gasteiger partial charge is 0.269 e. The van der Waals surface area contributed by atoms with Crippen molar-refractivity contribution in [2.24, 2.45) is 0 Å². The zero-order valence-corrected chi connectivity index (χ0v) is 14.1. The second-order valence-corrected chi connectivity index (χ2v) is 5.93. The van der Waals surface area contributed by atoms with Gasteiger partial charge in [-0.25, -0.2) is 4.98 Å². The third-order valence-electron chi connectivity index (χ3n) is 4.22. The van der Waals surface area contributed by atoms with Gasteiger partial charge in [-0.05, 0) is 19.5 Å². The molecule has 1 aromatic heterocycles. The first-order valence-corrected chi connectivity index (χ1v) is 7.99. The van der Waals surface area contributed by atoms with Gasteiger partial charge in [0.25, 0.3) is 5.69 Å². The van der Waals surface area contributed by atoms with Crippen molar-refractivity contribution in [2.75, 3.05) is 7.05 Å². The topological polar surface area (TPSA) is 72.4 Å². The number of oxazole rings is 1. The number of non-ortho nitro benzene ring substituents is 1.